The second kappa shape index (κ2) is 23.4. The number of methoxy groups -OCH3 is 1. The number of carbonyl (C=O) groups excluding carboxylic acids is 2. The van der Waals surface area contributed by atoms with Crippen molar-refractivity contribution in [2.24, 2.45) is 10.2 Å². The van der Waals surface area contributed by atoms with Crippen LogP contribution in [0.15, 0.2) is 135 Å². The van der Waals surface area contributed by atoms with Gasteiger partial charge in [-0.1, -0.05) is 37.5 Å². The molecule has 0 saturated heterocycles. The van der Waals surface area contributed by atoms with Gasteiger partial charge < -0.3 is 28.4 Å². The van der Waals surface area contributed by atoms with Gasteiger partial charge in [-0.3, -0.25) is 0 Å². The number of benzene rings is 5. The summed E-state index contributed by atoms with van der Waals surface area (Å²) in [6.07, 6.45) is 5.60. The van der Waals surface area contributed by atoms with Crippen molar-refractivity contribution in [2.45, 2.75) is 68.6 Å². The lowest BCUT2D eigenvalue weighted by molar-refractivity contribution is 0.0493. The summed E-state index contributed by atoms with van der Waals surface area (Å²) in [6, 6.07) is 32.4. The molecule has 0 radical (unpaired) electrons. The fourth-order valence-electron chi connectivity index (χ4n) is 5.71. The molecule has 0 N–H and O–H groups in total. The Bertz CT molecular complexity index is 2240. The lowest BCUT2D eigenvalue weighted by Gasteiger charge is -2.11. The molecule has 0 amide bonds. The number of nitrogens with zero attached hydrogens (tertiary/aromatic N) is 2. The molecule has 0 aliphatic rings. The van der Waals surface area contributed by atoms with Gasteiger partial charge in [-0.05, 0) is 142 Å². The third-order valence-electron chi connectivity index (χ3n) is 9.12. The van der Waals surface area contributed by atoms with Gasteiger partial charge in [0.1, 0.15) is 23.0 Å². The lowest BCUT2D eigenvalue weighted by atomic mass is 10.1. The molecular weight excluding hydrogens is 785 g/mol. The van der Waals surface area contributed by atoms with Crippen LogP contribution in [0.2, 0.25) is 0 Å². The first-order valence-electron chi connectivity index (χ1n) is 20.1. The molecule has 13 heteroatoms. The van der Waals surface area contributed by atoms with Crippen molar-refractivity contribution in [2.75, 3.05) is 40.1 Å². The second-order valence-electron chi connectivity index (χ2n) is 13.9. The predicted molar refractivity (Wildman–Crippen MR) is 228 cm³/mol. The van der Waals surface area contributed by atoms with Crippen molar-refractivity contribution >= 4 is 33.2 Å². The Morgan fingerprint density at radius 2 is 0.900 bits per heavy atom. The quantitative estimate of drug-likeness (QED) is 0.0334. The average molecular weight is 837 g/mol. The SMILES string of the molecule is CCCCCOc1ccc(S(=O)(=O)c2ccc(OCCCCOC(=O)c3cc(OCCCCOc4ccc(N=Nc5ccc(C)cc5)cc4)cc(C(=O)OC)c3)cc2)cc1. The molecule has 12 nitrogen and oxygen atoms in total. The minimum Gasteiger partial charge on any atom is -0.494 e. The van der Waals surface area contributed by atoms with Crippen LogP contribution in [0.1, 0.15) is 78.1 Å². The number of hydrogen-bond donors (Lipinski definition) is 0. The van der Waals surface area contributed by atoms with Gasteiger partial charge in [0, 0.05) is 0 Å². The zero-order valence-electron chi connectivity index (χ0n) is 34.3. The van der Waals surface area contributed by atoms with E-state index in [0.717, 1.165) is 36.2 Å². The summed E-state index contributed by atoms with van der Waals surface area (Å²) in [6.45, 7) is 6.01. The molecule has 0 heterocycles. The molecule has 0 aliphatic carbocycles. The van der Waals surface area contributed by atoms with Crippen molar-refractivity contribution in [3.63, 3.8) is 0 Å². The number of rotatable bonds is 24. The molecule has 0 bridgehead atoms. The van der Waals surface area contributed by atoms with Crippen molar-refractivity contribution < 1.29 is 46.4 Å². The molecule has 5 aromatic carbocycles. The number of ether oxygens (including phenoxy) is 6. The predicted octanol–water partition coefficient (Wildman–Crippen LogP) is 10.9. The number of hydrogen-bond acceptors (Lipinski definition) is 12. The van der Waals surface area contributed by atoms with Crippen LogP contribution in [0.3, 0.4) is 0 Å². The number of azo groups is 1. The minimum atomic E-state index is -3.71. The third kappa shape index (κ3) is 14.3. The maximum Gasteiger partial charge on any atom is 0.338 e. The molecule has 60 heavy (non-hydrogen) atoms. The third-order valence-corrected chi connectivity index (χ3v) is 10.9. The van der Waals surface area contributed by atoms with E-state index >= 15 is 0 Å². The Morgan fingerprint density at radius 1 is 0.500 bits per heavy atom. The number of carbonyl (C=O) groups is 2. The summed E-state index contributed by atoms with van der Waals surface area (Å²) in [5, 5.41) is 8.52. The smallest absolute Gasteiger partial charge is 0.338 e. The summed E-state index contributed by atoms with van der Waals surface area (Å²) in [4.78, 5) is 25.6. The van der Waals surface area contributed by atoms with E-state index < -0.39 is 21.8 Å². The van der Waals surface area contributed by atoms with E-state index in [1.165, 1.54) is 37.4 Å². The highest BCUT2D eigenvalue weighted by Crippen LogP contribution is 2.26. The molecule has 0 saturated carbocycles. The molecule has 0 spiro atoms. The average Bonchev–Trinajstić information content (AvgIpc) is 3.27. The first kappa shape index (κ1) is 44.9. The molecule has 0 fully saturated rings. The van der Waals surface area contributed by atoms with Crippen LogP contribution in [0.25, 0.3) is 0 Å². The maximum atomic E-state index is 13.1. The summed E-state index contributed by atoms with van der Waals surface area (Å²) in [5.41, 5.74) is 3.00. The summed E-state index contributed by atoms with van der Waals surface area (Å²) in [5.74, 6) is 1.01. The highest BCUT2D eigenvalue weighted by atomic mass is 32.2. The molecule has 5 rings (SSSR count). The van der Waals surface area contributed by atoms with Crippen molar-refractivity contribution in [1.29, 1.82) is 0 Å². The van der Waals surface area contributed by atoms with Crippen LogP contribution in [0.4, 0.5) is 11.4 Å². The first-order chi connectivity index (χ1) is 29.1. The maximum absolute atomic E-state index is 13.1. The van der Waals surface area contributed by atoms with Crippen LogP contribution in [0.5, 0.6) is 23.0 Å². The molecule has 0 aliphatic heterocycles. The number of unbranched alkanes of at least 4 members (excludes halogenated alkanes) is 4. The Balaban J connectivity index is 0.996. The van der Waals surface area contributed by atoms with Crippen LogP contribution in [0, 0.1) is 6.92 Å². The van der Waals surface area contributed by atoms with Crippen LogP contribution < -0.4 is 18.9 Å². The number of aryl methyl sites for hydroxylation is 1. The van der Waals surface area contributed by atoms with E-state index in [1.54, 1.807) is 36.4 Å². The van der Waals surface area contributed by atoms with Crippen molar-refractivity contribution in [3.8, 4) is 23.0 Å². The fourth-order valence-corrected chi connectivity index (χ4v) is 6.97. The Morgan fingerprint density at radius 3 is 1.37 bits per heavy atom. The van der Waals surface area contributed by atoms with Crippen LogP contribution >= 0.6 is 0 Å². The van der Waals surface area contributed by atoms with E-state index in [4.69, 9.17) is 28.4 Å². The van der Waals surface area contributed by atoms with E-state index in [2.05, 4.69) is 17.2 Å². The van der Waals surface area contributed by atoms with Gasteiger partial charge in [0.05, 0.1) is 72.4 Å². The van der Waals surface area contributed by atoms with Gasteiger partial charge in [0.2, 0.25) is 9.84 Å². The van der Waals surface area contributed by atoms with Gasteiger partial charge >= 0.3 is 11.9 Å². The van der Waals surface area contributed by atoms with Gasteiger partial charge in [-0.15, -0.1) is 0 Å². The van der Waals surface area contributed by atoms with Gasteiger partial charge in [0.15, 0.2) is 0 Å². The second-order valence-corrected chi connectivity index (χ2v) is 15.8. The molecular formula is C47H52N2O10S. The van der Waals surface area contributed by atoms with E-state index in [-0.39, 0.29) is 27.5 Å². The van der Waals surface area contributed by atoms with Gasteiger partial charge in [0.25, 0.3) is 0 Å². The van der Waals surface area contributed by atoms with Crippen molar-refractivity contribution in [3.05, 3.63) is 132 Å². The minimum absolute atomic E-state index is 0.126. The van der Waals surface area contributed by atoms with Gasteiger partial charge in [-0.25, -0.2) is 18.0 Å². The topological polar surface area (TPSA) is 148 Å². The monoisotopic (exact) mass is 836 g/mol. The Kier molecular flexibility index (Phi) is 17.5. The summed E-state index contributed by atoms with van der Waals surface area (Å²) in [7, 11) is -2.44. The van der Waals surface area contributed by atoms with E-state index in [1.807, 2.05) is 55.5 Å². The Labute approximate surface area is 352 Å². The normalized spacial score (nSPS) is 11.2. The molecule has 5 aromatic rings. The fraction of sp³-hybridized carbons (Fsp3) is 0.319. The number of esters is 2. The Hall–Kier alpha value is -6.21. The highest BCUT2D eigenvalue weighted by Gasteiger charge is 2.18. The highest BCUT2D eigenvalue weighted by molar-refractivity contribution is 7.91. The zero-order valence-corrected chi connectivity index (χ0v) is 35.2. The first-order valence-corrected chi connectivity index (χ1v) is 21.6. The van der Waals surface area contributed by atoms with E-state index in [0.29, 0.717) is 75.1 Å². The lowest BCUT2D eigenvalue weighted by Crippen LogP contribution is -2.11. The summed E-state index contributed by atoms with van der Waals surface area (Å²) < 4.78 is 59.9. The molecule has 0 aromatic heterocycles. The summed E-state index contributed by atoms with van der Waals surface area (Å²) >= 11 is 0. The van der Waals surface area contributed by atoms with E-state index in [9.17, 15) is 18.0 Å². The van der Waals surface area contributed by atoms with Crippen molar-refractivity contribution in [1.82, 2.24) is 0 Å². The van der Waals surface area contributed by atoms with Crippen LogP contribution in [-0.4, -0.2) is 60.5 Å². The standard InChI is InChI=1S/C47H52N2O10S/c1-4-5-6-27-55-41-19-23-44(24-20-41)60(52,53)45-25-21-42(22-26-45)57-29-9-10-31-59-47(51)37-32-36(46(50)54-3)33-43(34-37)58-30-8-7-28-56-40-17-15-39(16-18-40)49-48-38-13-11-35(2)12-14-38/h11-26,32-34H,4-10,27-31H2,1-3H3. The number of sulfone groups is 1. The molecule has 316 valence electrons. The largest absolute Gasteiger partial charge is 0.494 e. The molecule has 0 unspecified atom stereocenters. The van der Waals surface area contributed by atoms with Crippen LogP contribution in [-0.2, 0) is 19.3 Å². The zero-order chi connectivity index (χ0) is 42.6. The molecule has 0 atom stereocenters. The van der Waals surface area contributed by atoms with Gasteiger partial charge in [-0.2, -0.15) is 10.2 Å².